The Morgan fingerprint density at radius 2 is 1.40 bits per heavy atom. The summed E-state index contributed by atoms with van der Waals surface area (Å²) >= 11 is 0. The monoisotopic (exact) mass is 670 g/mol. The molecule has 9 N–H and O–H groups in total. The number of aliphatic hydroxyl groups excluding tert-OH is 1. The predicted octanol–water partition coefficient (Wildman–Crippen LogP) is -0.678. The fourth-order valence-corrected chi connectivity index (χ4v) is 5.22. The zero-order valence-electron chi connectivity index (χ0n) is 28.4. The molecule has 0 unspecified atom stereocenters. The van der Waals surface area contributed by atoms with E-state index in [0.717, 1.165) is 0 Å². The number of hydrogen-bond acceptors (Lipinski definition) is 9. The van der Waals surface area contributed by atoms with Crippen molar-refractivity contribution in [1.29, 1.82) is 0 Å². The minimum Gasteiger partial charge on any atom is -0.481 e. The standard InChI is InChI=1S/C31H54N6O10/c1-8-17(6)24(35-26(41)19(32)11-12-22(39)40)30(45)37-13-9-10-21(37)27(42)36-25(18(7)38)29(44)34-23(16(4)5)28(43)33-20(31(46)47)14-15(2)3/h15-21,23-25,38H,8-14,32H2,1-7H3,(H,33,43)(H,34,44)(H,35,41)(H,36,42)(H,39,40)(H,46,47)/t17-,18+,19-,20-,21-,23-,24-,25-/m0/s1. The van der Waals surface area contributed by atoms with Crippen LogP contribution in [-0.2, 0) is 33.6 Å². The van der Waals surface area contributed by atoms with Crippen molar-refractivity contribution in [2.75, 3.05) is 6.54 Å². The minimum atomic E-state index is -1.52. The van der Waals surface area contributed by atoms with Crippen LogP contribution < -0.4 is 27.0 Å². The van der Waals surface area contributed by atoms with Crippen LogP contribution in [0.15, 0.2) is 0 Å². The highest BCUT2D eigenvalue weighted by Crippen LogP contribution is 2.22. The van der Waals surface area contributed by atoms with E-state index in [1.807, 2.05) is 6.92 Å². The number of carbonyl (C=O) groups is 7. The van der Waals surface area contributed by atoms with Crippen LogP contribution in [0.5, 0.6) is 0 Å². The molecular weight excluding hydrogens is 616 g/mol. The van der Waals surface area contributed by atoms with Crippen molar-refractivity contribution in [3.8, 4) is 0 Å². The van der Waals surface area contributed by atoms with Gasteiger partial charge < -0.3 is 47.2 Å². The molecule has 0 aliphatic carbocycles. The van der Waals surface area contributed by atoms with Crippen molar-refractivity contribution >= 4 is 41.5 Å². The average Bonchev–Trinajstić information content (AvgIpc) is 3.48. The van der Waals surface area contributed by atoms with Crippen LogP contribution in [0, 0.1) is 17.8 Å². The highest BCUT2D eigenvalue weighted by Gasteiger charge is 2.41. The van der Waals surface area contributed by atoms with Gasteiger partial charge in [0.15, 0.2) is 0 Å². The quantitative estimate of drug-likeness (QED) is 0.0854. The van der Waals surface area contributed by atoms with Gasteiger partial charge in [-0.25, -0.2) is 4.79 Å². The fourth-order valence-electron chi connectivity index (χ4n) is 5.22. The molecule has 16 nitrogen and oxygen atoms in total. The number of carboxylic acids is 2. The Balaban J connectivity index is 3.11. The largest absolute Gasteiger partial charge is 0.481 e. The molecule has 0 aromatic rings. The van der Waals surface area contributed by atoms with Crippen molar-refractivity contribution in [3.05, 3.63) is 0 Å². The number of nitrogens with two attached hydrogens (primary N) is 1. The molecule has 5 amide bonds. The van der Waals surface area contributed by atoms with E-state index in [9.17, 15) is 43.8 Å². The lowest BCUT2D eigenvalue weighted by molar-refractivity contribution is -0.144. The van der Waals surface area contributed by atoms with Crippen LogP contribution in [0.3, 0.4) is 0 Å². The smallest absolute Gasteiger partial charge is 0.326 e. The van der Waals surface area contributed by atoms with E-state index in [4.69, 9.17) is 10.8 Å². The first kappa shape index (κ1) is 41.2. The van der Waals surface area contributed by atoms with Gasteiger partial charge in [-0.3, -0.25) is 28.8 Å². The molecular formula is C31H54N6O10. The van der Waals surface area contributed by atoms with E-state index in [2.05, 4.69) is 21.3 Å². The second kappa shape index (κ2) is 19.1. The molecule has 268 valence electrons. The van der Waals surface area contributed by atoms with Crippen molar-refractivity contribution in [3.63, 3.8) is 0 Å². The van der Waals surface area contributed by atoms with Gasteiger partial charge in [0.1, 0.15) is 30.2 Å². The summed E-state index contributed by atoms with van der Waals surface area (Å²) in [5.74, 6) is -6.78. The zero-order valence-corrected chi connectivity index (χ0v) is 28.4. The van der Waals surface area contributed by atoms with E-state index < -0.39 is 89.7 Å². The van der Waals surface area contributed by atoms with Crippen LogP contribution in [0.25, 0.3) is 0 Å². The molecule has 1 heterocycles. The number of aliphatic hydroxyl groups is 1. The van der Waals surface area contributed by atoms with E-state index in [0.29, 0.717) is 12.8 Å². The molecule has 1 aliphatic rings. The van der Waals surface area contributed by atoms with E-state index in [-0.39, 0.29) is 44.1 Å². The van der Waals surface area contributed by atoms with Gasteiger partial charge in [0.25, 0.3) is 0 Å². The molecule has 16 heteroatoms. The molecule has 8 atom stereocenters. The molecule has 0 aromatic heterocycles. The van der Waals surface area contributed by atoms with Gasteiger partial charge in [0, 0.05) is 13.0 Å². The number of carboxylic acid groups (broad SMARTS) is 2. The zero-order chi connectivity index (χ0) is 36.2. The SMILES string of the molecule is CC[C@H](C)[C@H](NC(=O)[C@@H](N)CCC(=O)O)C(=O)N1CCC[C@H]1C(=O)N[C@H](C(=O)N[C@H](C(=O)N[C@@H](CC(C)C)C(=O)O)C(C)C)[C@@H](C)O. The van der Waals surface area contributed by atoms with Crippen molar-refractivity contribution in [2.24, 2.45) is 23.5 Å². The summed E-state index contributed by atoms with van der Waals surface area (Å²) in [6.45, 7) is 11.9. The Morgan fingerprint density at radius 1 is 0.830 bits per heavy atom. The first-order chi connectivity index (χ1) is 21.8. The fraction of sp³-hybridized carbons (Fsp3) is 0.774. The first-order valence-electron chi connectivity index (χ1n) is 16.2. The van der Waals surface area contributed by atoms with Crippen LogP contribution in [0.2, 0.25) is 0 Å². The molecule has 1 fully saturated rings. The minimum absolute atomic E-state index is 0.0292. The molecule has 0 saturated carbocycles. The van der Waals surface area contributed by atoms with Gasteiger partial charge in [-0.15, -0.1) is 0 Å². The van der Waals surface area contributed by atoms with Gasteiger partial charge >= 0.3 is 11.9 Å². The number of rotatable bonds is 19. The molecule has 0 spiro atoms. The number of nitrogens with zero attached hydrogens (tertiary/aromatic N) is 1. The Hall–Kier alpha value is -3.79. The number of carbonyl (C=O) groups excluding carboxylic acids is 5. The third kappa shape index (κ3) is 12.7. The Morgan fingerprint density at radius 3 is 1.89 bits per heavy atom. The van der Waals surface area contributed by atoms with Gasteiger partial charge in [0.05, 0.1) is 12.1 Å². The van der Waals surface area contributed by atoms with Gasteiger partial charge in [-0.1, -0.05) is 48.0 Å². The van der Waals surface area contributed by atoms with E-state index in [1.165, 1.54) is 11.8 Å². The maximum absolute atomic E-state index is 13.7. The highest BCUT2D eigenvalue weighted by atomic mass is 16.4. The molecule has 0 bridgehead atoms. The summed E-state index contributed by atoms with van der Waals surface area (Å²) in [6.07, 6.45) is -0.510. The normalized spacial score (nSPS) is 19.1. The average molecular weight is 671 g/mol. The van der Waals surface area contributed by atoms with E-state index in [1.54, 1.807) is 34.6 Å². The second-order valence-electron chi connectivity index (χ2n) is 13.1. The molecule has 1 rings (SSSR count). The van der Waals surface area contributed by atoms with Crippen molar-refractivity contribution in [1.82, 2.24) is 26.2 Å². The maximum atomic E-state index is 13.7. The first-order valence-corrected chi connectivity index (χ1v) is 16.2. The number of amides is 5. The summed E-state index contributed by atoms with van der Waals surface area (Å²) in [7, 11) is 0. The van der Waals surface area contributed by atoms with Gasteiger partial charge in [-0.05, 0) is 50.4 Å². The molecule has 0 aromatic carbocycles. The third-order valence-corrected chi connectivity index (χ3v) is 8.25. The topological polar surface area (TPSA) is 258 Å². The second-order valence-corrected chi connectivity index (χ2v) is 13.1. The predicted molar refractivity (Wildman–Crippen MR) is 170 cm³/mol. The lowest BCUT2D eigenvalue weighted by Gasteiger charge is -2.33. The van der Waals surface area contributed by atoms with Crippen LogP contribution in [0.1, 0.15) is 87.0 Å². The lowest BCUT2D eigenvalue weighted by atomic mass is 9.96. The lowest BCUT2D eigenvalue weighted by Crippen LogP contribution is -2.62. The Bertz CT molecular complexity index is 1130. The molecule has 0 radical (unpaired) electrons. The highest BCUT2D eigenvalue weighted by molar-refractivity contribution is 5.97. The molecule has 1 aliphatic heterocycles. The Kier molecular flexibility index (Phi) is 16.8. The number of nitrogens with one attached hydrogen (secondary N) is 4. The summed E-state index contributed by atoms with van der Waals surface area (Å²) in [5, 5.41) is 39.0. The van der Waals surface area contributed by atoms with Crippen LogP contribution in [0.4, 0.5) is 0 Å². The summed E-state index contributed by atoms with van der Waals surface area (Å²) in [5.41, 5.74) is 5.85. The molecule has 47 heavy (non-hydrogen) atoms. The Labute approximate surface area is 275 Å². The summed E-state index contributed by atoms with van der Waals surface area (Å²) < 4.78 is 0. The molecule has 1 saturated heterocycles. The summed E-state index contributed by atoms with van der Waals surface area (Å²) in [6, 6.07) is -7.11. The van der Waals surface area contributed by atoms with Gasteiger partial charge in [-0.2, -0.15) is 0 Å². The number of aliphatic carboxylic acids is 2. The van der Waals surface area contributed by atoms with Crippen molar-refractivity contribution in [2.45, 2.75) is 129 Å². The number of hydrogen-bond donors (Lipinski definition) is 8. The maximum Gasteiger partial charge on any atom is 0.326 e. The number of likely N-dealkylation sites (tertiary alicyclic amines) is 1. The van der Waals surface area contributed by atoms with Crippen molar-refractivity contribution < 1.29 is 48.9 Å². The van der Waals surface area contributed by atoms with E-state index >= 15 is 0 Å². The third-order valence-electron chi connectivity index (χ3n) is 8.25. The van der Waals surface area contributed by atoms with Gasteiger partial charge in [0.2, 0.25) is 29.5 Å². The van der Waals surface area contributed by atoms with Crippen LogP contribution in [-0.4, -0.2) is 111 Å². The summed E-state index contributed by atoms with van der Waals surface area (Å²) in [4.78, 5) is 90.2. The van der Waals surface area contributed by atoms with Crippen LogP contribution >= 0.6 is 0 Å².